The molecule has 1 aliphatic carbocycles. The Morgan fingerprint density at radius 1 is 0.600 bits per heavy atom. The summed E-state index contributed by atoms with van der Waals surface area (Å²) in [5.74, 6) is 1.87. The predicted octanol–water partition coefficient (Wildman–Crippen LogP) is 3.17. The van der Waals surface area contributed by atoms with Crippen LogP contribution in [0.4, 0.5) is 0 Å². The van der Waals surface area contributed by atoms with Gasteiger partial charge in [0, 0.05) is 0 Å². The van der Waals surface area contributed by atoms with Gasteiger partial charge in [-0.3, -0.25) is 0 Å². The van der Waals surface area contributed by atoms with Gasteiger partial charge >= 0.3 is 0 Å². The van der Waals surface area contributed by atoms with Gasteiger partial charge in [0.05, 0.1) is 0 Å². The van der Waals surface area contributed by atoms with Crippen LogP contribution in [0.3, 0.4) is 0 Å². The van der Waals surface area contributed by atoms with Crippen molar-refractivity contribution in [3.63, 3.8) is 0 Å². The van der Waals surface area contributed by atoms with Gasteiger partial charge in [0.25, 0.3) is 0 Å². The first-order chi connectivity index (χ1) is 11.9. The van der Waals surface area contributed by atoms with Gasteiger partial charge in [0.15, 0.2) is 0 Å². The Labute approximate surface area is 163 Å². The quantitative estimate of drug-likeness (QED) is 0.261. The number of hydrogen-bond acceptors (Lipinski definition) is 4. The second-order valence-corrected chi connectivity index (χ2v) is 7.39. The molecule has 0 aromatic heterocycles. The Balaban J connectivity index is 0.00000576. The average molecular weight is 377 g/mol. The van der Waals surface area contributed by atoms with Crippen LogP contribution in [-0.2, 0) is 0 Å². The molecule has 0 amide bonds. The number of nitrogens with one attached hydrogen (secondary N) is 4. The summed E-state index contributed by atoms with van der Waals surface area (Å²) in [4.78, 5) is 0. The summed E-state index contributed by atoms with van der Waals surface area (Å²) < 4.78 is 0. The lowest BCUT2D eigenvalue weighted by molar-refractivity contribution is 0.527. The van der Waals surface area contributed by atoms with Crippen molar-refractivity contribution in [2.45, 2.75) is 65.2 Å². The zero-order chi connectivity index (χ0) is 17.3. The van der Waals surface area contributed by atoms with Crippen LogP contribution in [0.1, 0.15) is 65.2 Å². The Bertz CT molecular complexity index is 266. The van der Waals surface area contributed by atoms with Crippen LogP contribution in [0.2, 0.25) is 0 Å². The van der Waals surface area contributed by atoms with Crippen molar-refractivity contribution in [2.24, 2.45) is 11.8 Å². The summed E-state index contributed by atoms with van der Waals surface area (Å²) in [6, 6.07) is 0. The Morgan fingerprint density at radius 2 is 1.04 bits per heavy atom. The maximum atomic E-state index is 3.65. The normalized spacial score (nSPS) is 19.0. The highest BCUT2D eigenvalue weighted by Gasteiger charge is 2.35. The molecule has 2 atom stereocenters. The summed E-state index contributed by atoms with van der Waals surface area (Å²) in [5, 5.41) is 14.2. The third-order valence-corrected chi connectivity index (χ3v) is 5.00. The van der Waals surface area contributed by atoms with Crippen LogP contribution in [0, 0.1) is 11.8 Å². The summed E-state index contributed by atoms with van der Waals surface area (Å²) in [6.07, 6.45) is 10.7. The van der Waals surface area contributed by atoms with E-state index in [1.54, 1.807) is 0 Å². The van der Waals surface area contributed by atoms with Gasteiger partial charge in [-0.05, 0) is 103 Å². The zero-order valence-corrected chi connectivity index (χ0v) is 17.7. The van der Waals surface area contributed by atoms with Gasteiger partial charge in [0.2, 0.25) is 0 Å². The predicted molar refractivity (Wildman–Crippen MR) is 114 cm³/mol. The average Bonchev–Trinajstić information content (AvgIpc) is 3.34. The third kappa shape index (κ3) is 16.1. The smallest absolute Gasteiger partial charge is 0.00173 e. The number of halogens is 1. The molecule has 5 heteroatoms. The van der Waals surface area contributed by atoms with Crippen LogP contribution in [-0.4, -0.2) is 52.4 Å². The van der Waals surface area contributed by atoms with E-state index in [0.29, 0.717) is 0 Å². The monoisotopic (exact) mass is 376 g/mol. The van der Waals surface area contributed by atoms with E-state index >= 15 is 0 Å². The van der Waals surface area contributed by atoms with Crippen LogP contribution < -0.4 is 21.3 Å². The second-order valence-electron chi connectivity index (χ2n) is 7.39. The molecule has 0 aromatic rings. The SMILES string of the molecule is CCCCCNCCCCNCC1CC1CNCCCCNCC.Cl. The van der Waals surface area contributed by atoms with E-state index in [0.717, 1.165) is 18.4 Å². The van der Waals surface area contributed by atoms with Gasteiger partial charge in [-0.15, -0.1) is 12.4 Å². The lowest BCUT2D eigenvalue weighted by atomic mass is 10.2. The van der Waals surface area contributed by atoms with Crippen molar-refractivity contribution in [3.05, 3.63) is 0 Å². The second kappa shape index (κ2) is 18.9. The van der Waals surface area contributed by atoms with Crippen LogP contribution in [0.5, 0.6) is 0 Å². The maximum absolute atomic E-state index is 3.65. The molecule has 1 aliphatic rings. The van der Waals surface area contributed by atoms with Crippen molar-refractivity contribution in [1.82, 2.24) is 21.3 Å². The van der Waals surface area contributed by atoms with E-state index in [1.807, 2.05) is 0 Å². The first-order valence-electron chi connectivity index (χ1n) is 10.7. The molecule has 0 radical (unpaired) electrons. The molecule has 0 spiro atoms. The molecular formula is C20H45ClN4. The highest BCUT2D eigenvalue weighted by molar-refractivity contribution is 5.85. The maximum Gasteiger partial charge on any atom is -0.00173 e. The summed E-state index contributed by atoms with van der Waals surface area (Å²) in [7, 11) is 0. The minimum atomic E-state index is 0. The van der Waals surface area contributed by atoms with E-state index in [2.05, 4.69) is 35.1 Å². The summed E-state index contributed by atoms with van der Waals surface area (Å²) >= 11 is 0. The number of hydrogen-bond donors (Lipinski definition) is 4. The fourth-order valence-corrected chi connectivity index (χ4v) is 3.19. The van der Waals surface area contributed by atoms with Gasteiger partial charge in [-0.25, -0.2) is 0 Å². The molecule has 25 heavy (non-hydrogen) atoms. The molecule has 152 valence electrons. The molecule has 0 aliphatic heterocycles. The molecule has 0 saturated heterocycles. The summed E-state index contributed by atoms with van der Waals surface area (Å²) in [6.45, 7) is 13.9. The largest absolute Gasteiger partial charge is 0.317 e. The van der Waals surface area contributed by atoms with Crippen molar-refractivity contribution in [3.8, 4) is 0 Å². The first-order valence-corrected chi connectivity index (χ1v) is 10.7. The minimum absolute atomic E-state index is 0. The Hall–Kier alpha value is 0.130. The van der Waals surface area contributed by atoms with Gasteiger partial charge < -0.3 is 21.3 Å². The third-order valence-electron chi connectivity index (χ3n) is 5.00. The standard InChI is InChI=1S/C20H44N4.ClH/c1-3-5-6-12-22-13-8-10-15-24-18-20-16-19(20)17-23-14-9-7-11-21-4-2;/h19-24H,3-18H2,1-2H3;1H. The van der Waals surface area contributed by atoms with Crippen LogP contribution in [0.25, 0.3) is 0 Å². The molecule has 1 rings (SSSR count). The van der Waals surface area contributed by atoms with Gasteiger partial charge in [0.1, 0.15) is 0 Å². The lowest BCUT2D eigenvalue weighted by Gasteiger charge is -2.07. The number of unbranched alkanes of at least 4 members (excludes halogenated alkanes) is 4. The molecule has 4 N–H and O–H groups in total. The number of rotatable bonds is 19. The van der Waals surface area contributed by atoms with E-state index in [4.69, 9.17) is 0 Å². The first kappa shape index (κ1) is 25.1. The fourth-order valence-electron chi connectivity index (χ4n) is 3.19. The van der Waals surface area contributed by atoms with E-state index in [1.165, 1.54) is 97.2 Å². The lowest BCUT2D eigenvalue weighted by Crippen LogP contribution is -2.24. The molecule has 4 nitrogen and oxygen atoms in total. The molecule has 0 aromatic carbocycles. The molecular weight excluding hydrogens is 332 g/mol. The van der Waals surface area contributed by atoms with Crippen LogP contribution in [0.15, 0.2) is 0 Å². The minimum Gasteiger partial charge on any atom is -0.317 e. The molecule has 1 fully saturated rings. The Kier molecular flexibility index (Phi) is 19.0. The molecule has 1 saturated carbocycles. The van der Waals surface area contributed by atoms with Gasteiger partial charge in [-0.1, -0.05) is 26.7 Å². The molecule has 0 bridgehead atoms. The van der Waals surface area contributed by atoms with E-state index < -0.39 is 0 Å². The Morgan fingerprint density at radius 3 is 1.52 bits per heavy atom. The van der Waals surface area contributed by atoms with Crippen molar-refractivity contribution in [1.29, 1.82) is 0 Å². The highest BCUT2D eigenvalue weighted by atomic mass is 35.5. The fraction of sp³-hybridized carbons (Fsp3) is 1.00. The topological polar surface area (TPSA) is 48.1 Å². The van der Waals surface area contributed by atoms with E-state index in [9.17, 15) is 0 Å². The van der Waals surface area contributed by atoms with Crippen molar-refractivity contribution < 1.29 is 0 Å². The summed E-state index contributed by atoms with van der Waals surface area (Å²) in [5.41, 5.74) is 0. The van der Waals surface area contributed by atoms with Crippen molar-refractivity contribution in [2.75, 3.05) is 52.4 Å². The van der Waals surface area contributed by atoms with Crippen LogP contribution >= 0.6 is 12.4 Å². The molecule has 2 unspecified atom stereocenters. The van der Waals surface area contributed by atoms with Crippen molar-refractivity contribution >= 4 is 12.4 Å². The van der Waals surface area contributed by atoms with E-state index in [-0.39, 0.29) is 12.4 Å². The zero-order valence-electron chi connectivity index (χ0n) is 16.9. The highest BCUT2D eigenvalue weighted by Crippen LogP contribution is 2.36. The van der Waals surface area contributed by atoms with Gasteiger partial charge in [-0.2, -0.15) is 0 Å². The molecule has 0 heterocycles.